The van der Waals surface area contributed by atoms with Gasteiger partial charge < -0.3 is 0 Å². The lowest BCUT2D eigenvalue weighted by Crippen LogP contribution is -1.89. The molecule has 31 heavy (non-hydrogen) atoms. The Morgan fingerprint density at radius 3 is 2.03 bits per heavy atom. The Kier molecular flexibility index (Phi) is 8.71. The van der Waals surface area contributed by atoms with E-state index in [1.807, 2.05) is 42.1 Å². The minimum absolute atomic E-state index is 0.784. The third-order valence-electron chi connectivity index (χ3n) is 4.55. The molecule has 152 valence electrons. The van der Waals surface area contributed by atoms with Crippen molar-refractivity contribution in [3.05, 3.63) is 94.5 Å². The number of aliphatic imine (C=N–C) groups is 1. The molecule has 3 aromatic rings. The van der Waals surface area contributed by atoms with Crippen molar-refractivity contribution in [2.45, 2.75) is 31.6 Å². The van der Waals surface area contributed by atoms with Gasteiger partial charge in [0.05, 0.1) is 10.8 Å². The van der Waals surface area contributed by atoms with Crippen molar-refractivity contribution in [3.8, 4) is 23.7 Å². The summed E-state index contributed by atoms with van der Waals surface area (Å²) in [6, 6.07) is 22.4. The van der Waals surface area contributed by atoms with Gasteiger partial charge in [-0.25, -0.2) is 0 Å². The summed E-state index contributed by atoms with van der Waals surface area (Å²) in [5.41, 5.74) is 6.00. The Labute approximate surface area is 195 Å². The molecule has 1 nitrogen and oxygen atoms in total. The third kappa shape index (κ3) is 6.99. The van der Waals surface area contributed by atoms with Gasteiger partial charge in [0.1, 0.15) is 0 Å². The van der Waals surface area contributed by atoms with Gasteiger partial charge in [0.25, 0.3) is 0 Å². The van der Waals surface area contributed by atoms with E-state index in [0.29, 0.717) is 0 Å². The Bertz CT molecular complexity index is 1190. The first-order valence-electron chi connectivity index (χ1n) is 10.3. The average Bonchev–Trinajstić information content (AvgIpc) is 2.82. The molecule has 3 heteroatoms. The van der Waals surface area contributed by atoms with Gasteiger partial charge in [0, 0.05) is 27.1 Å². The largest absolute Gasteiger partial charge is 0.195 e. The molecule has 0 fully saturated rings. The van der Waals surface area contributed by atoms with E-state index in [1.165, 1.54) is 16.9 Å². The second-order valence-corrected chi connectivity index (χ2v) is 8.20. The molecule has 0 heterocycles. The van der Waals surface area contributed by atoms with Crippen molar-refractivity contribution in [3.63, 3.8) is 0 Å². The van der Waals surface area contributed by atoms with Crippen LogP contribution in [0.3, 0.4) is 0 Å². The van der Waals surface area contributed by atoms with Gasteiger partial charge in [-0.1, -0.05) is 37.5 Å². The summed E-state index contributed by atoms with van der Waals surface area (Å²) in [6.45, 7) is 4.34. The van der Waals surface area contributed by atoms with Crippen molar-refractivity contribution in [1.82, 2.24) is 0 Å². The number of thioether (sulfide) groups is 1. The Morgan fingerprint density at radius 2 is 1.39 bits per heavy atom. The maximum absolute atomic E-state index is 4.63. The van der Waals surface area contributed by atoms with E-state index in [-0.39, 0.29) is 0 Å². The molecule has 0 amide bonds. The second kappa shape index (κ2) is 11.9. The zero-order valence-corrected chi connectivity index (χ0v) is 19.4. The van der Waals surface area contributed by atoms with Crippen molar-refractivity contribution >= 4 is 34.8 Å². The quantitative estimate of drug-likeness (QED) is 0.180. The molecule has 0 spiro atoms. The number of aryl methyl sites for hydroxylation is 1. The van der Waals surface area contributed by atoms with Crippen LogP contribution in [0.1, 0.15) is 48.1 Å². The molecule has 3 rings (SSSR count). The molecular weight excluding hydrogens is 414 g/mol. The van der Waals surface area contributed by atoms with Gasteiger partial charge in [0.15, 0.2) is 0 Å². The van der Waals surface area contributed by atoms with Crippen LogP contribution < -0.4 is 0 Å². The van der Waals surface area contributed by atoms with Crippen LogP contribution in [0.4, 0.5) is 5.69 Å². The van der Waals surface area contributed by atoms with E-state index in [2.05, 4.69) is 96.3 Å². The fourth-order valence-electron chi connectivity index (χ4n) is 2.90. The highest BCUT2D eigenvalue weighted by Gasteiger charge is 2.00. The number of nitrogens with zero attached hydrogens (tertiary/aromatic N) is 1. The fourth-order valence-corrected chi connectivity index (χ4v) is 3.77. The monoisotopic (exact) mass is 437 g/mol. The number of rotatable bonds is 5. The van der Waals surface area contributed by atoms with Crippen LogP contribution in [0.25, 0.3) is 0 Å². The molecule has 0 N–H and O–H groups in total. The van der Waals surface area contributed by atoms with Crippen LogP contribution in [-0.4, -0.2) is 10.9 Å². The molecule has 0 saturated carbocycles. The van der Waals surface area contributed by atoms with Gasteiger partial charge >= 0.3 is 0 Å². The first kappa shape index (κ1) is 22.6. The Morgan fingerprint density at radius 1 is 0.774 bits per heavy atom. The molecular formula is C28H23NS2. The Balaban J connectivity index is 1.75. The molecule has 0 radical (unpaired) electrons. The van der Waals surface area contributed by atoms with Crippen LogP contribution in [0.2, 0.25) is 0 Å². The van der Waals surface area contributed by atoms with Crippen LogP contribution in [0.15, 0.2) is 76.6 Å². The van der Waals surface area contributed by atoms with Crippen LogP contribution in [-0.2, 0) is 6.42 Å². The number of hydrogen-bond acceptors (Lipinski definition) is 3. The molecule has 0 aliphatic carbocycles. The predicted molar refractivity (Wildman–Crippen MR) is 136 cm³/mol. The topological polar surface area (TPSA) is 12.4 Å². The highest BCUT2D eigenvalue weighted by molar-refractivity contribution is 7.99. The van der Waals surface area contributed by atoms with E-state index in [4.69, 9.17) is 0 Å². The molecule has 0 unspecified atom stereocenters. The van der Waals surface area contributed by atoms with E-state index >= 15 is 0 Å². The summed E-state index contributed by atoms with van der Waals surface area (Å²) < 4.78 is 0. The van der Waals surface area contributed by atoms with Crippen molar-refractivity contribution < 1.29 is 0 Å². The maximum Gasteiger partial charge on any atom is 0.0740 e. The molecule has 0 bridgehead atoms. The first-order valence-corrected chi connectivity index (χ1v) is 11.7. The average molecular weight is 438 g/mol. The van der Waals surface area contributed by atoms with Gasteiger partial charge in [-0.2, -0.15) is 4.99 Å². The number of benzene rings is 3. The summed E-state index contributed by atoms with van der Waals surface area (Å²) in [6.07, 6.45) is 2.09. The fraction of sp³-hybridized carbons (Fsp3) is 0.179. The zero-order chi connectivity index (χ0) is 21.9. The Hall–Kier alpha value is -3.07. The van der Waals surface area contributed by atoms with E-state index < -0.39 is 0 Å². The smallest absolute Gasteiger partial charge is 0.0740 e. The minimum Gasteiger partial charge on any atom is -0.195 e. The van der Waals surface area contributed by atoms with Crippen molar-refractivity contribution in [1.29, 1.82) is 0 Å². The highest BCUT2D eigenvalue weighted by Crippen LogP contribution is 2.19. The van der Waals surface area contributed by atoms with E-state index in [0.717, 1.165) is 40.1 Å². The molecule has 0 aromatic heterocycles. The van der Waals surface area contributed by atoms with E-state index in [1.54, 1.807) is 0 Å². The van der Waals surface area contributed by atoms with Gasteiger partial charge in [0.2, 0.25) is 0 Å². The highest BCUT2D eigenvalue weighted by atomic mass is 32.2. The summed E-state index contributed by atoms with van der Waals surface area (Å²) in [4.78, 5) is 5.26. The second-order valence-electron chi connectivity index (χ2n) is 6.85. The van der Waals surface area contributed by atoms with Crippen molar-refractivity contribution in [2.24, 2.45) is 4.99 Å². The summed E-state index contributed by atoms with van der Waals surface area (Å²) in [5.74, 6) is 14.2. The summed E-state index contributed by atoms with van der Waals surface area (Å²) in [7, 11) is 0. The van der Waals surface area contributed by atoms with Gasteiger partial charge in [-0.05, 0) is 103 Å². The predicted octanol–water partition coefficient (Wildman–Crippen LogP) is 7.29. The molecule has 3 aromatic carbocycles. The minimum atomic E-state index is 0.784. The standard InChI is InChI=1S/C28H23NS2/c1-3-19-31-28-17-11-22(12-18-28)5-6-24-8-14-26(25(4-2)20-24)13-7-23-9-15-27(16-10-23)29-21-30/h8-12,14-18,20H,3-4,19H2,1-2H3. The van der Waals surface area contributed by atoms with Crippen LogP contribution in [0.5, 0.6) is 0 Å². The SMILES string of the molecule is CCCSc1ccc(C#Cc2ccc(C#Cc3ccc(N=C=S)cc3)c(CC)c2)cc1. The van der Waals surface area contributed by atoms with Gasteiger partial charge in [-0.3, -0.25) is 0 Å². The van der Waals surface area contributed by atoms with Crippen molar-refractivity contribution in [2.75, 3.05) is 5.75 Å². The van der Waals surface area contributed by atoms with Crippen LogP contribution in [0, 0.1) is 23.7 Å². The van der Waals surface area contributed by atoms with Crippen LogP contribution >= 0.6 is 24.0 Å². The maximum atomic E-state index is 4.63. The first-order chi connectivity index (χ1) is 15.2. The number of isothiocyanates is 1. The number of hydrogen-bond donors (Lipinski definition) is 0. The number of thiocarbonyl (C=S) groups is 1. The zero-order valence-electron chi connectivity index (χ0n) is 17.7. The van der Waals surface area contributed by atoms with Gasteiger partial charge in [-0.15, -0.1) is 11.8 Å². The summed E-state index contributed by atoms with van der Waals surface area (Å²) >= 11 is 6.51. The lowest BCUT2D eigenvalue weighted by Gasteiger charge is -2.02. The lowest BCUT2D eigenvalue weighted by molar-refractivity contribution is 1.10. The third-order valence-corrected chi connectivity index (χ3v) is 5.86. The molecule has 0 aliphatic rings. The molecule has 0 aliphatic heterocycles. The van der Waals surface area contributed by atoms with E-state index in [9.17, 15) is 0 Å². The molecule has 0 saturated heterocycles. The molecule has 0 atom stereocenters. The summed E-state index contributed by atoms with van der Waals surface area (Å²) in [5, 5.41) is 2.37. The lowest BCUT2D eigenvalue weighted by atomic mass is 10.0. The normalized spacial score (nSPS) is 9.61.